The van der Waals surface area contributed by atoms with E-state index in [9.17, 15) is 9.59 Å². The average molecular weight is 321 g/mol. The Hall–Kier alpha value is -2.43. The summed E-state index contributed by atoms with van der Waals surface area (Å²) in [5, 5.41) is 4.27. The Labute approximate surface area is 141 Å². The smallest absolute Gasteiger partial charge is 0.358 e. The molecule has 0 bridgehead atoms. The quantitative estimate of drug-likeness (QED) is 0.606. The van der Waals surface area contributed by atoms with Gasteiger partial charge in [-0.05, 0) is 38.7 Å². The predicted molar refractivity (Wildman–Crippen MR) is 88.5 cm³/mol. The van der Waals surface area contributed by atoms with Crippen LogP contribution in [0.15, 0.2) is 36.4 Å². The maximum absolute atomic E-state index is 12.5. The zero-order valence-electron chi connectivity index (χ0n) is 13.3. The molecule has 1 fully saturated rings. The third kappa shape index (κ3) is 3.55. The molecule has 5 heteroatoms. The molecule has 1 heterocycles. The molecule has 2 aromatic rings. The number of hydrogen-bond donors (Lipinski definition) is 0. The molecule has 5 nitrogen and oxygen atoms in total. The van der Waals surface area contributed by atoms with E-state index >= 15 is 0 Å². The summed E-state index contributed by atoms with van der Waals surface area (Å²) in [6.45, 7) is 2.08. The SMILES string of the molecule is CCOC(=O)c1cc([C]2[CH][CH][CH][CH]2)n(CC(=O)c2ccccc2)n1. The molecule has 1 aliphatic rings. The van der Waals surface area contributed by atoms with Crippen molar-refractivity contribution in [2.24, 2.45) is 0 Å². The Bertz CT molecular complexity index is 715. The lowest BCUT2D eigenvalue weighted by Gasteiger charge is -2.11. The van der Waals surface area contributed by atoms with Crippen LogP contribution in [0.4, 0.5) is 0 Å². The zero-order valence-corrected chi connectivity index (χ0v) is 13.3. The van der Waals surface area contributed by atoms with Gasteiger partial charge in [-0.1, -0.05) is 30.3 Å². The van der Waals surface area contributed by atoms with E-state index in [1.165, 1.54) is 0 Å². The Morgan fingerprint density at radius 3 is 2.50 bits per heavy atom. The van der Waals surface area contributed by atoms with Gasteiger partial charge in [-0.15, -0.1) is 0 Å². The van der Waals surface area contributed by atoms with Crippen molar-refractivity contribution in [2.75, 3.05) is 6.61 Å². The van der Waals surface area contributed by atoms with Gasteiger partial charge in [-0.2, -0.15) is 5.10 Å². The average Bonchev–Trinajstić information content (AvgIpc) is 3.25. The van der Waals surface area contributed by atoms with Crippen molar-refractivity contribution in [1.82, 2.24) is 9.78 Å². The number of nitrogens with zero attached hydrogens (tertiary/aromatic N) is 2. The second-order valence-electron chi connectivity index (χ2n) is 5.26. The van der Waals surface area contributed by atoms with E-state index in [-0.39, 0.29) is 24.6 Å². The number of hydrogen-bond acceptors (Lipinski definition) is 4. The van der Waals surface area contributed by atoms with Crippen molar-refractivity contribution in [3.05, 3.63) is 85.0 Å². The molecular formula is C19H17N2O3. The molecule has 24 heavy (non-hydrogen) atoms. The first-order valence-electron chi connectivity index (χ1n) is 7.74. The fraction of sp³-hybridized carbons (Fsp3) is 0.158. The van der Waals surface area contributed by atoms with Crippen LogP contribution in [0.25, 0.3) is 0 Å². The minimum Gasteiger partial charge on any atom is -0.461 e. The van der Waals surface area contributed by atoms with Crippen LogP contribution in [-0.2, 0) is 11.3 Å². The van der Waals surface area contributed by atoms with Crippen LogP contribution in [-0.4, -0.2) is 28.1 Å². The summed E-state index contributed by atoms with van der Waals surface area (Å²) < 4.78 is 6.56. The molecule has 0 aliphatic heterocycles. The molecule has 1 aliphatic carbocycles. The van der Waals surface area contributed by atoms with Crippen molar-refractivity contribution in [1.29, 1.82) is 0 Å². The highest BCUT2D eigenvalue weighted by atomic mass is 16.5. The number of ketones is 1. The van der Waals surface area contributed by atoms with Crippen LogP contribution >= 0.6 is 0 Å². The summed E-state index contributed by atoms with van der Waals surface area (Å²) in [7, 11) is 0. The van der Waals surface area contributed by atoms with E-state index in [1.807, 2.05) is 43.9 Å². The number of carbonyl (C=O) groups is 2. The second-order valence-corrected chi connectivity index (χ2v) is 5.26. The second kappa shape index (κ2) is 7.43. The first-order chi connectivity index (χ1) is 11.7. The summed E-state index contributed by atoms with van der Waals surface area (Å²) in [5.74, 6) is 0.344. The van der Waals surface area contributed by atoms with Gasteiger partial charge in [-0.3, -0.25) is 9.48 Å². The van der Waals surface area contributed by atoms with E-state index < -0.39 is 5.97 Å². The lowest BCUT2D eigenvalue weighted by Crippen LogP contribution is -2.16. The Balaban J connectivity index is 1.87. The third-order valence-electron chi connectivity index (χ3n) is 3.61. The van der Waals surface area contributed by atoms with Crippen molar-refractivity contribution in [3.8, 4) is 0 Å². The van der Waals surface area contributed by atoms with Crippen molar-refractivity contribution in [3.63, 3.8) is 0 Å². The first-order valence-corrected chi connectivity index (χ1v) is 7.74. The topological polar surface area (TPSA) is 61.2 Å². The number of aromatic nitrogens is 2. The fourth-order valence-electron chi connectivity index (χ4n) is 2.47. The molecule has 0 unspecified atom stereocenters. The van der Waals surface area contributed by atoms with Crippen LogP contribution in [0.2, 0.25) is 0 Å². The van der Waals surface area contributed by atoms with Crippen molar-refractivity contribution >= 4 is 11.8 Å². The molecule has 5 radical (unpaired) electrons. The van der Waals surface area contributed by atoms with Crippen LogP contribution in [0, 0.1) is 31.6 Å². The molecule has 0 atom stereocenters. The number of rotatable bonds is 6. The molecule has 1 aromatic heterocycles. The lowest BCUT2D eigenvalue weighted by molar-refractivity contribution is 0.0517. The Kier molecular flexibility index (Phi) is 5.08. The monoisotopic (exact) mass is 321 g/mol. The van der Waals surface area contributed by atoms with Gasteiger partial charge in [0.2, 0.25) is 0 Å². The molecule has 0 N–H and O–H groups in total. The van der Waals surface area contributed by atoms with Crippen LogP contribution in [0.3, 0.4) is 0 Å². The van der Waals surface area contributed by atoms with Gasteiger partial charge < -0.3 is 4.74 Å². The van der Waals surface area contributed by atoms with Crippen LogP contribution in [0.5, 0.6) is 0 Å². The van der Waals surface area contributed by atoms with E-state index in [2.05, 4.69) is 5.10 Å². The highest BCUT2D eigenvalue weighted by molar-refractivity contribution is 5.96. The summed E-state index contributed by atoms with van der Waals surface area (Å²) in [6.07, 6.45) is 7.62. The van der Waals surface area contributed by atoms with Gasteiger partial charge in [-0.25, -0.2) is 4.79 Å². The minimum atomic E-state index is -0.490. The zero-order chi connectivity index (χ0) is 16.9. The first kappa shape index (κ1) is 16.4. The Morgan fingerprint density at radius 2 is 1.83 bits per heavy atom. The van der Waals surface area contributed by atoms with Crippen LogP contribution in [0.1, 0.15) is 33.5 Å². The molecule has 121 valence electrons. The molecule has 1 aromatic carbocycles. The van der Waals surface area contributed by atoms with Gasteiger partial charge >= 0.3 is 5.97 Å². The normalized spacial score (nSPS) is 14.7. The number of esters is 1. The van der Waals surface area contributed by atoms with Gasteiger partial charge in [0.1, 0.15) is 6.54 Å². The van der Waals surface area contributed by atoms with Gasteiger partial charge in [0, 0.05) is 17.2 Å². The number of benzene rings is 1. The largest absolute Gasteiger partial charge is 0.461 e. The highest BCUT2D eigenvalue weighted by Gasteiger charge is 2.26. The lowest BCUT2D eigenvalue weighted by atomic mass is 10.0. The summed E-state index contributed by atoms with van der Waals surface area (Å²) in [6, 6.07) is 10.7. The maximum atomic E-state index is 12.5. The minimum absolute atomic E-state index is 0.0595. The number of ether oxygens (including phenoxy) is 1. The summed E-state index contributed by atoms with van der Waals surface area (Å²) in [5.41, 5.74) is 1.53. The molecule has 3 rings (SSSR count). The standard InChI is InChI=1S/C19H17N2O3/c1-2-24-19(23)16-12-17(14-8-6-7-9-14)21(20-16)13-18(22)15-10-4-3-5-11-15/h3-12H,2,13H2,1H3. The van der Waals surface area contributed by atoms with E-state index in [0.29, 0.717) is 11.3 Å². The van der Waals surface area contributed by atoms with E-state index in [4.69, 9.17) is 4.74 Å². The molecule has 0 spiro atoms. The molecular weight excluding hydrogens is 304 g/mol. The van der Waals surface area contributed by atoms with Gasteiger partial charge in [0.05, 0.1) is 6.61 Å². The van der Waals surface area contributed by atoms with E-state index in [1.54, 1.807) is 29.8 Å². The maximum Gasteiger partial charge on any atom is 0.358 e. The molecule has 1 saturated carbocycles. The highest BCUT2D eigenvalue weighted by Crippen LogP contribution is 2.30. The summed E-state index contributed by atoms with van der Waals surface area (Å²) in [4.78, 5) is 24.4. The van der Waals surface area contributed by atoms with Crippen molar-refractivity contribution in [2.45, 2.75) is 13.5 Å². The molecule has 0 saturated heterocycles. The number of carbonyl (C=O) groups excluding carboxylic acids is 2. The fourth-order valence-corrected chi connectivity index (χ4v) is 2.47. The Morgan fingerprint density at radius 1 is 1.12 bits per heavy atom. The van der Waals surface area contributed by atoms with Gasteiger partial charge in [0.15, 0.2) is 11.5 Å². The number of Topliss-reactive ketones (excluding diaryl/α,β-unsaturated/α-hetero) is 1. The van der Waals surface area contributed by atoms with Crippen LogP contribution < -0.4 is 0 Å². The third-order valence-corrected chi connectivity index (χ3v) is 3.61. The van der Waals surface area contributed by atoms with Crippen molar-refractivity contribution < 1.29 is 14.3 Å². The molecule has 0 amide bonds. The predicted octanol–water partition coefficient (Wildman–Crippen LogP) is 2.70. The van der Waals surface area contributed by atoms with E-state index in [0.717, 1.165) is 5.92 Å². The summed E-state index contributed by atoms with van der Waals surface area (Å²) >= 11 is 0. The van der Waals surface area contributed by atoms with Gasteiger partial charge in [0.25, 0.3) is 0 Å².